The van der Waals surface area contributed by atoms with Crippen LogP contribution in [0.25, 0.3) is 0 Å². The fourth-order valence-electron chi connectivity index (χ4n) is 2.42. The van der Waals surface area contributed by atoms with Crippen LogP contribution >= 0.6 is 0 Å². The molecule has 1 aromatic rings. The Kier molecular flexibility index (Phi) is 3.74. The van der Waals surface area contributed by atoms with Gasteiger partial charge < -0.3 is 10.6 Å². The second kappa shape index (κ2) is 5.27. The van der Waals surface area contributed by atoms with Gasteiger partial charge in [-0.1, -0.05) is 6.92 Å². The Hall–Kier alpha value is -1.42. The van der Waals surface area contributed by atoms with E-state index < -0.39 is 0 Å². The number of carbonyl (C=O) groups excluding carboxylic acids is 1. The molecule has 2 rings (SSSR count). The lowest BCUT2D eigenvalue weighted by Gasteiger charge is -2.23. The zero-order valence-corrected chi connectivity index (χ0v) is 10.2. The molecule has 1 amide bonds. The summed E-state index contributed by atoms with van der Waals surface area (Å²) in [4.78, 5) is 18.4. The summed E-state index contributed by atoms with van der Waals surface area (Å²) in [6.07, 6.45) is 4.92. The lowest BCUT2D eigenvalue weighted by molar-refractivity contribution is 0.0733. The monoisotopic (exact) mass is 233 g/mol. The minimum absolute atomic E-state index is 0.117. The van der Waals surface area contributed by atoms with Crippen molar-refractivity contribution >= 4 is 5.91 Å². The van der Waals surface area contributed by atoms with E-state index in [1.54, 1.807) is 18.3 Å². The van der Waals surface area contributed by atoms with Crippen molar-refractivity contribution in [2.24, 2.45) is 5.73 Å². The molecule has 0 aliphatic carbocycles. The predicted octanol–water partition coefficient (Wildman–Crippen LogP) is 1.55. The van der Waals surface area contributed by atoms with Gasteiger partial charge in [0.2, 0.25) is 0 Å². The van der Waals surface area contributed by atoms with Crippen molar-refractivity contribution in [2.45, 2.75) is 38.8 Å². The van der Waals surface area contributed by atoms with E-state index in [0.29, 0.717) is 18.2 Å². The van der Waals surface area contributed by atoms with Crippen molar-refractivity contribution in [1.82, 2.24) is 9.88 Å². The van der Waals surface area contributed by atoms with Gasteiger partial charge in [0.1, 0.15) is 0 Å². The van der Waals surface area contributed by atoms with Gasteiger partial charge in [-0.2, -0.15) is 0 Å². The lowest BCUT2D eigenvalue weighted by atomic mass is 10.1. The van der Waals surface area contributed by atoms with Gasteiger partial charge in [-0.15, -0.1) is 0 Å². The zero-order valence-electron chi connectivity index (χ0n) is 10.2. The third kappa shape index (κ3) is 2.47. The zero-order chi connectivity index (χ0) is 12.3. The molecule has 1 fully saturated rings. The van der Waals surface area contributed by atoms with Crippen LogP contribution in [0, 0.1) is 0 Å². The Balaban J connectivity index is 2.18. The van der Waals surface area contributed by atoms with E-state index in [0.717, 1.165) is 31.5 Å². The van der Waals surface area contributed by atoms with E-state index in [9.17, 15) is 4.79 Å². The van der Waals surface area contributed by atoms with E-state index in [1.165, 1.54) is 0 Å². The molecule has 0 aromatic carbocycles. The SMILES string of the molecule is CCC1CCCN1C(=O)c1ccnc(CN)c1. The number of hydrogen-bond donors (Lipinski definition) is 1. The van der Waals surface area contributed by atoms with Gasteiger partial charge >= 0.3 is 0 Å². The van der Waals surface area contributed by atoms with Crippen LogP contribution in [0.15, 0.2) is 18.3 Å². The second-order valence-electron chi connectivity index (χ2n) is 4.44. The first kappa shape index (κ1) is 12.0. The van der Waals surface area contributed by atoms with Gasteiger partial charge in [-0.05, 0) is 31.4 Å². The standard InChI is InChI=1S/C13H19N3O/c1-2-12-4-3-7-16(12)13(17)10-5-6-15-11(8-10)9-14/h5-6,8,12H,2-4,7,9,14H2,1H3. The molecule has 0 radical (unpaired) electrons. The van der Waals surface area contributed by atoms with E-state index >= 15 is 0 Å². The van der Waals surface area contributed by atoms with E-state index in [-0.39, 0.29) is 5.91 Å². The summed E-state index contributed by atoms with van der Waals surface area (Å²) in [5.41, 5.74) is 7.01. The number of amides is 1. The van der Waals surface area contributed by atoms with Gasteiger partial charge in [0, 0.05) is 30.9 Å². The van der Waals surface area contributed by atoms with Gasteiger partial charge in [0.15, 0.2) is 0 Å². The largest absolute Gasteiger partial charge is 0.336 e. The van der Waals surface area contributed by atoms with Gasteiger partial charge in [0.05, 0.1) is 5.69 Å². The Labute approximate surface area is 102 Å². The molecule has 1 saturated heterocycles. The number of pyridine rings is 1. The molecule has 1 aromatic heterocycles. The molecule has 1 unspecified atom stereocenters. The molecule has 4 heteroatoms. The van der Waals surface area contributed by atoms with Crippen LogP contribution in [0.2, 0.25) is 0 Å². The van der Waals surface area contributed by atoms with Crippen molar-refractivity contribution in [1.29, 1.82) is 0 Å². The smallest absolute Gasteiger partial charge is 0.254 e. The number of nitrogens with two attached hydrogens (primary N) is 1. The summed E-state index contributed by atoms with van der Waals surface area (Å²) in [7, 11) is 0. The number of carbonyl (C=O) groups is 1. The molecule has 0 bridgehead atoms. The summed E-state index contributed by atoms with van der Waals surface area (Å²) in [5, 5.41) is 0. The molecule has 2 N–H and O–H groups in total. The third-order valence-corrected chi connectivity index (χ3v) is 3.38. The van der Waals surface area contributed by atoms with Gasteiger partial charge in [-0.3, -0.25) is 9.78 Å². The number of aromatic nitrogens is 1. The van der Waals surface area contributed by atoms with Crippen molar-refractivity contribution in [2.75, 3.05) is 6.54 Å². The molecular formula is C13H19N3O. The van der Waals surface area contributed by atoms with Crippen LogP contribution in [-0.4, -0.2) is 28.4 Å². The number of nitrogens with zero attached hydrogens (tertiary/aromatic N) is 2. The van der Waals surface area contributed by atoms with Crippen LogP contribution < -0.4 is 5.73 Å². The first-order chi connectivity index (χ1) is 8.26. The molecule has 1 aliphatic heterocycles. The van der Waals surface area contributed by atoms with Crippen molar-refractivity contribution in [3.05, 3.63) is 29.6 Å². The number of likely N-dealkylation sites (tertiary alicyclic amines) is 1. The van der Waals surface area contributed by atoms with Crippen molar-refractivity contribution < 1.29 is 4.79 Å². The molecule has 2 heterocycles. The first-order valence-electron chi connectivity index (χ1n) is 6.22. The van der Waals surface area contributed by atoms with E-state index in [2.05, 4.69) is 11.9 Å². The molecule has 92 valence electrons. The maximum Gasteiger partial charge on any atom is 0.254 e. The Morgan fingerprint density at radius 2 is 2.47 bits per heavy atom. The second-order valence-corrected chi connectivity index (χ2v) is 4.44. The predicted molar refractivity (Wildman–Crippen MR) is 66.5 cm³/mol. The quantitative estimate of drug-likeness (QED) is 0.861. The highest BCUT2D eigenvalue weighted by molar-refractivity contribution is 5.94. The minimum atomic E-state index is 0.117. The summed E-state index contributed by atoms with van der Waals surface area (Å²) in [5.74, 6) is 0.117. The maximum absolute atomic E-state index is 12.3. The van der Waals surface area contributed by atoms with E-state index in [1.807, 2.05) is 4.90 Å². The molecular weight excluding hydrogens is 214 g/mol. The fraction of sp³-hybridized carbons (Fsp3) is 0.538. The van der Waals surface area contributed by atoms with Crippen LogP contribution in [-0.2, 0) is 6.54 Å². The Bertz CT molecular complexity index is 405. The van der Waals surface area contributed by atoms with Crippen molar-refractivity contribution in [3.63, 3.8) is 0 Å². The molecule has 4 nitrogen and oxygen atoms in total. The number of hydrogen-bond acceptors (Lipinski definition) is 3. The van der Waals surface area contributed by atoms with Crippen molar-refractivity contribution in [3.8, 4) is 0 Å². The normalized spacial score (nSPS) is 19.6. The highest BCUT2D eigenvalue weighted by Crippen LogP contribution is 2.22. The maximum atomic E-state index is 12.3. The molecule has 17 heavy (non-hydrogen) atoms. The fourth-order valence-corrected chi connectivity index (χ4v) is 2.42. The topological polar surface area (TPSA) is 59.2 Å². The summed E-state index contributed by atoms with van der Waals surface area (Å²) in [6, 6.07) is 3.97. The Morgan fingerprint density at radius 3 is 3.18 bits per heavy atom. The summed E-state index contributed by atoms with van der Waals surface area (Å²) >= 11 is 0. The van der Waals surface area contributed by atoms with Gasteiger partial charge in [0.25, 0.3) is 5.91 Å². The summed E-state index contributed by atoms with van der Waals surface area (Å²) < 4.78 is 0. The highest BCUT2D eigenvalue weighted by atomic mass is 16.2. The molecule has 1 atom stereocenters. The molecule has 0 spiro atoms. The van der Waals surface area contributed by atoms with Crippen LogP contribution in [0.3, 0.4) is 0 Å². The average Bonchev–Trinajstić information content (AvgIpc) is 2.86. The minimum Gasteiger partial charge on any atom is -0.336 e. The van der Waals surface area contributed by atoms with E-state index in [4.69, 9.17) is 5.73 Å². The molecule has 1 aliphatic rings. The molecule has 0 saturated carbocycles. The average molecular weight is 233 g/mol. The van der Waals surface area contributed by atoms with Crippen LogP contribution in [0.5, 0.6) is 0 Å². The lowest BCUT2D eigenvalue weighted by Crippen LogP contribution is -2.35. The highest BCUT2D eigenvalue weighted by Gasteiger charge is 2.27. The van der Waals surface area contributed by atoms with Crippen LogP contribution in [0.4, 0.5) is 0 Å². The Morgan fingerprint density at radius 1 is 1.65 bits per heavy atom. The summed E-state index contributed by atoms with van der Waals surface area (Å²) in [6.45, 7) is 3.38. The first-order valence-corrected chi connectivity index (χ1v) is 6.22. The van der Waals surface area contributed by atoms with Gasteiger partial charge in [-0.25, -0.2) is 0 Å². The number of rotatable bonds is 3. The van der Waals surface area contributed by atoms with Crippen LogP contribution in [0.1, 0.15) is 42.2 Å². The third-order valence-electron chi connectivity index (χ3n) is 3.38.